The molecule has 0 aromatic rings. The second-order valence-electron chi connectivity index (χ2n) is 5.88. The minimum Gasteiger partial charge on any atom is -0.388 e. The molecule has 20 heavy (non-hydrogen) atoms. The molecular formula is C15H31N3OS. The molecular weight excluding hydrogens is 270 g/mol. The van der Waals surface area contributed by atoms with E-state index in [2.05, 4.69) is 29.5 Å². The molecule has 0 aliphatic carbocycles. The number of guanidine groups is 1. The van der Waals surface area contributed by atoms with Crippen LogP contribution in [-0.2, 0) is 0 Å². The Morgan fingerprint density at radius 2 is 2.00 bits per heavy atom. The smallest absolute Gasteiger partial charge is 0.191 e. The number of aliphatic imine (C=N–C) groups is 1. The molecule has 4 nitrogen and oxygen atoms in total. The van der Waals surface area contributed by atoms with Crippen molar-refractivity contribution < 1.29 is 5.11 Å². The maximum atomic E-state index is 10.3. The van der Waals surface area contributed by atoms with Crippen molar-refractivity contribution in [2.45, 2.75) is 63.7 Å². The van der Waals surface area contributed by atoms with Crippen LogP contribution in [-0.4, -0.2) is 46.8 Å². The van der Waals surface area contributed by atoms with E-state index >= 15 is 0 Å². The van der Waals surface area contributed by atoms with Crippen molar-refractivity contribution in [2.24, 2.45) is 4.99 Å². The lowest BCUT2D eigenvalue weighted by Gasteiger charge is -2.26. The standard InChI is InChI=1S/C15H31N3OS/c1-5-15(19,6-2)12-18-13(16-7-3)17-11-14(4)9-8-10-20-14/h19H,5-12H2,1-4H3,(H2,16,17,18). The molecule has 1 unspecified atom stereocenters. The molecule has 118 valence electrons. The van der Waals surface area contributed by atoms with Crippen LogP contribution in [0.5, 0.6) is 0 Å². The van der Waals surface area contributed by atoms with Crippen LogP contribution >= 0.6 is 11.8 Å². The number of hydrogen-bond donors (Lipinski definition) is 3. The Kier molecular flexibility index (Phi) is 7.17. The quantitative estimate of drug-likeness (QED) is 0.499. The summed E-state index contributed by atoms with van der Waals surface area (Å²) in [6, 6.07) is 0. The van der Waals surface area contributed by atoms with E-state index in [0.717, 1.165) is 31.9 Å². The molecule has 1 saturated heterocycles. The topological polar surface area (TPSA) is 56.7 Å². The predicted octanol–water partition coefficient (Wildman–Crippen LogP) is 2.38. The number of hydrogen-bond acceptors (Lipinski definition) is 3. The maximum absolute atomic E-state index is 10.3. The van der Waals surface area contributed by atoms with Gasteiger partial charge in [-0.3, -0.25) is 4.99 Å². The molecule has 1 aliphatic heterocycles. The van der Waals surface area contributed by atoms with Gasteiger partial charge in [-0.25, -0.2) is 0 Å². The van der Waals surface area contributed by atoms with Gasteiger partial charge in [-0.15, -0.1) is 0 Å². The average Bonchev–Trinajstić information content (AvgIpc) is 2.89. The van der Waals surface area contributed by atoms with Crippen molar-refractivity contribution in [3.8, 4) is 0 Å². The van der Waals surface area contributed by atoms with E-state index < -0.39 is 5.60 Å². The van der Waals surface area contributed by atoms with E-state index in [4.69, 9.17) is 0 Å². The zero-order valence-corrected chi connectivity index (χ0v) is 14.3. The van der Waals surface area contributed by atoms with E-state index in [-0.39, 0.29) is 0 Å². The summed E-state index contributed by atoms with van der Waals surface area (Å²) in [5.74, 6) is 2.08. The van der Waals surface area contributed by atoms with Crippen LogP contribution in [0.25, 0.3) is 0 Å². The van der Waals surface area contributed by atoms with Gasteiger partial charge in [0.05, 0.1) is 12.1 Å². The first kappa shape index (κ1) is 17.6. The second-order valence-corrected chi connectivity index (χ2v) is 7.56. The third-order valence-corrected chi connectivity index (χ3v) is 5.66. The SMILES string of the molecule is CCNC(=NCC(O)(CC)CC)NCC1(C)CCCS1. The number of nitrogens with zero attached hydrogens (tertiary/aromatic N) is 1. The van der Waals surface area contributed by atoms with Crippen LogP contribution in [0.3, 0.4) is 0 Å². The summed E-state index contributed by atoms with van der Waals surface area (Å²) in [6.07, 6.45) is 4.04. The number of thioether (sulfide) groups is 1. The zero-order valence-electron chi connectivity index (χ0n) is 13.5. The Hall–Kier alpha value is -0.420. The molecule has 0 bridgehead atoms. The highest BCUT2D eigenvalue weighted by molar-refractivity contribution is 8.00. The van der Waals surface area contributed by atoms with E-state index in [0.29, 0.717) is 11.3 Å². The molecule has 0 saturated carbocycles. The van der Waals surface area contributed by atoms with Crippen molar-refractivity contribution in [1.29, 1.82) is 0 Å². The van der Waals surface area contributed by atoms with Gasteiger partial charge in [-0.05, 0) is 45.3 Å². The number of nitrogens with one attached hydrogen (secondary N) is 2. The largest absolute Gasteiger partial charge is 0.388 e. The molecule has 1 rings (SSSR count). The maximum Gasteiger partial charge on any atom is 0.191 e. The van der Waals surface area contributed by atoms with Crippen molar-refractivity contribution in [2.75, 3.05) is 25.4 Å². The van der Waals surface area contributed by atoms with E-state index in [1.807, 2.05) is 25.6 Å². The van der Waals surface area contributed by atoms with Crippen LogP contribution in [0.15, 0.2) is 4.99 Å². The Balaban J connectivity index is 2.54. The summed E-state index contributed by atoms with van der Waals surface area (Å²) in [5, 5.41) is 17.0. The van der Waals surface area contributed by atoms with Crippen LogP contribution in [0.1, 0.15) is 53.4 Å². The summed E-state index contributed by atoms with van der Waals surface area (Å²) < 4.78 is 0.321. The Morgan fingerprint density at radius 3 is 2.50 bits per heavy atom. The van der Waals surface area contributed by atoms with E-state index in [1.165, 1.54) is 18.6 Å². The molecule has 0 radical (unpaired) electrons. The summed E-state index contributed by atoms with van der Waals surface area (Å²) in [7, 11) is 0. The third-order valence-electron chi connectivity index (χ3n) is 4.12. The summed E-state index contributed by atoms with van der Waals surface area (Å²) in [6.45, 7) is 10.6. The molecule has 1 atom stereocenters. The molecule has 5 heteroatoms. The highest BCUT2D eigenvalue weighted by atomic mass is 32.2. The lowest BCUT2D eigenvalue weighted by Crippen LogP contribution is -2.44. The minimum atomic E-state index is -0.672. The Labute approximate surface area is 128 Å². The Bertz CT molecular complexity index is 310. The van der Waals surface area contributed by atoms with Crippen molar-refractivity contribution in [1.82, 2.24) is 10.6 Å². The molecule has 1 aliphatic rings. The minimum absolute atomic E-state index is 0.321. The average molecular weight is 302 g/mol. The molecule has 0 aromatic carbocycles. The van der Waals surface area contributed by atoms with Gasteiger partial charge in [0.15, 0.2) is 5.96 Å². The molecule has 1 heterocycles. The molecule has 0 aromatic heterocycles. The highest BCUT2D eigenvalue weighted by Gasteiger charge is 2.29. The van der Waals surface area contributed by atoms with Crippen molar-refractivity contribution >= 4 is 17.7 Å². The van der Waals surface area contributed by atoms with Gasteiger partial charge in [0, 0.05) is 17.8 Å². The van der Waals surface area contributed by atoms with Crippen molar-refractivity contribution in [3.63, 3.8) is 0 Å². The normalized spacial score (nSPS) is 23.9. The van der Waals surface area contributed by atoms with Gasteiger partial charge in [-0.2, -0.15) is 11.8 Å². The lowest BCUT2D eigenvalue weighted by atomic mass is 9.98. The Morgan fingerprint density at radius 1 is 1.30 bits per heavy atom. The second kappa shape index (κ2) is 8.13. The highest BCUT2D eigenvalue weighted by Crippen LogP contribution is 2.36. The van der Waals surface area contributed by atoms with Crippen molar-refractivity contribution in [3.05, 3.63) is 0 Å². The first-order valence-corrected chi connectivity index (χ1v) is 8.84. The van der Waals surface area contributed by atoms with Gasteiger partial charge in [0.2, 0.25) is 0 Å². The van der Waals surface area contributed by atoms with Gasteiger partial charge >= 0.3 is 0 Å². The lowest BCUT2D eigenvalue weighted by molar-refractivity contribution is 0.0418. The fourth-order valence-corrected chi connectivity index (χ4v) is 3.53. The third kappa shape index (κ3) is 5.52. The van der Waals surface area contributed by atoms with Gasteiger partial charge in [0.1, 0.15) is 0 Å². The predicted molar refractivity (Wildman–Crippen MR) is 89.6 cm³/mol. The molecule has 0 amide bonds. The monoisotopic (exact) mass is 301 g/mol. The molecule has 1 fully saturated rings. The first-order valence-electron chi connectivity index (χ1n) is 7.85. The first-order chi connectivity index (χ1) is 9.47. The fourth-order valence-electron chi connectivity index (χ4n) is 2.29. The summed E-state index contributed by atoms with van der Waals surface area (Å²) in [5.41, 5.74) is -0.672. The van der Waals surface area contributed by atoms with E-state index in [9.17, 15) is 5.11 Å². The van der Waals surface area contributed by atoms with Crippen LogP contribution < -0.4 is 10.6 Å². The zero-order chi connectivity index (χ0) is 15.1. The number of aliphatic hydroxyl groups is 1. The van der Waals surface area contributed by atoms with Crippen LogP contribution in [0.4, 0.5) is 0 Å². The van der Waals surface area contributed by atoms with Gasteiger partial charge < -0.3 is 15.7 Å². The number of rotatable bonds is 7. The van der Waals surface area contributed by atoms with Crippen LogP contribution in [0, 0.1) is 0 Å². The van der Waals surface area contributed by atoms with E-state index in [1.54, 1.807) is 0 Å². The molecule has 0 spiro atoms. The summed E-state index contributed by atoms with van der Waals surface area (Å²) in [4.78, 5) is 4.55. The summed E-state index contributed by atoms with van der Waals surface area (Å²) >= 11 is 2.04. The fraction of sp³-hybridized carbons (Fsp3) is 0.933. The van der Waals surface area contributed by atoms with Crippen LogP contribution in [0.2, 0.25) is 0 Å². The van der Waals surface area contributed by atoms with Gasteiger partial charge in [0.25, 0.3) is 0 Å². The van der Waals surface area contributed by atoms with Gasteiger partial charge in [-0.1, -0.05) is 13.8 Å². The molecule has 3 N–H and O–H groups in total.